The molecule has 0 fully saturated rings. The average Bonchev–Trinajstić information content (AvgIpc) is 3.90. The third kappa shape index (κ3) is 6.86. The van der Waals surface area contributed by atoms with Gasteiger partial charge in [0.25, 0.3) is 0 Å². The molecule has 0 amide bonds. The van der Waals surface area contributed by atoms with Gasteiger partial charge in [-0.05, 0) is 89.3 Å². The Balaban J connectivity index is 1.21. The van der Waals surface area contributed by atoms with E-state index in [2.05, 4.69) is 80.7 Å². The second-order valence-corrected chi connectivity index (χ2v) is 17.2. The Hall–Kier alpha value is -9.06. The van der Waals surface area contributed by atoms with Crippen molar-refractivity contribution >= 4 is 49.3 Å². The highest BCUT2D eigenvalue weighted by Gasteiger charge is 2.35. The first kappa shape index (κ1) is 41.4. The molecule has 0 radical (unpaired) electrons. The lowest BCUT2D eigenvalue weighted by molar-refractivity contribution is -0.137. The topological polar surface area (TPSA) is 40.0 Å². The van der Waals surface area contributed by atoms with Gasteiger partial charge >= 0.3 is 6.18 Å². The Morgan fingerprint density at radius 2 is 0.913 bits per heavy atom. The third-order valence-corrected chi connectivity index (χ3v) is 13.2. The van der Waals surface area contributed by atoms with Gasteiger partial charge < -0.3 is 9.13 Å². The van der Waals surface area contributed by atoms with E-state index in [0.717, 1.165) is 94.4 Å². The maximum absolute atomic E-state index is 15.2. The minimum atomic E-state index is -4.68. The highest BCUT2D eigenvalue weighted by atomic mass is 19.4. The minimum absolute atomic E-state index is 0.0253. The van der Waals surface area contributed by atoms with Gasteiger partial charge in [0, 0.05) is 56.2 Å². The molecule has 0 aliphatic rings. The Labute approximate surface area is 395 Å². The van der Waals surface area contributed by atoms with Gasteiger partial charge in [0.1, 0.15) is 0 Å². The lowest BCUT2D eigenvalue weighted by atomic mass is 9.92. The van der Waals surface area contributed by atoms with Gasteiger partial charge in [-0.3, -0.25) is 9.97 Å². The van der Waals surface area contributed by atoms with Crippen molar-refractivity contribution in [2.45, 2.75) is 13.1 Å². The van der Waals surface area contributed by atoms with E-state index in [1.807, 2.05) is 103 Å². The lowest BCUT2D eigenvalue weighted by Crippen LogP contribution is -2.09. The number of halogens is 3. The fourth-order valence-corrected chi connectivity index (χ4v) is 10.2. The van der Waals surface area contributed by atoms with E-state index >= 15 is 13.2 Å². The third-order valence-electron chi connectivity index (χ3n) is 13.2. The van der Waals surface area contributed by atoms with Crippen molar-refractivity contribution < 1.29 is 13.2 Å². The number of aromatic nitrogens is 4. The van der Waals surface area contributed by atoms with Crippen LogP contribution in [0.5, 0.6) is 0 Å². The van der Waals surface area contributed by atoms with Crippen molar-refractivity contribution in [2.75, 3.05) is 0 Å². The first-order valence-corrected chi connectivity index (χ1v) is 22.6. The molecule has 0 unspecified atom stereocenters. The second-order valence-electron chi connectivity index (χ2n) is 17.2. The highest BCUT2D eigenvalue weighted by Crippen LogP contribution is 2.48. The molecule has 0 saturated heterocycles. The molecule has 5 nitrogen and oxygen atoms in total. The van der Waals surface area contributed by atoms with Crippen LogP contribution in [-0.4, -0.2) is 19.1 Å². The van der Waals surface area contributed by atoms with E-state index in [4.69, 9.17) is 16.5 Å². The van der Waals surface area contributed by atoms with Gasteiger partial charge in [-0.2, -0.15) is 13.2 Å². The number of hydrogen-bond acceptors (Lipinski definition) is 2. The second kappa shape index (κ2) is 16.4. The highest BCUT2D eigenvalue weighted by molar-refractivity contribution is 6.13. The number of aryl methyl sites for hydroxylation is 1. The SMILES string of the molecule is [C-]#[N+]c1cc(-n2c3ccccc3c3ccc(-c4cccnc4-c4ccccc4)cc32)c(-n2c3ccccc3c3ccc(-c4cccnc4-c4ccccc4)cc32)cc1-c1c(C)cccc1C(F)(F)F. The Kier molecular flexibility index (Phi) is 9.82. The van der Waals surface area contributed by atoms with Gasteiger partial charge in [-0.15, -0.1) is 0 Å². The zero-order chi connectivity index (χ0) is 46.8. The molecular formula is C61H38F3N5. The molecular weight excluding hydrogens is 860 g/mol. The number of nitrogens with zero attached hydrogens (tertiary/aromatic N) is 5. The van der Waals surface area contributed by atoms with Crippen molar-refractivity contribution in [1.82, 2.24) is 19.1 Å². The summed E-state index contributed by atoms with van der Waals surface area (Å²) in [6.07, 6.45) is -1.09. The fraction of sp³-hybridized carbons (Fsp3) is 0.0328. The van der Waals surface area contributed by atoms with Crippen LogP contribution in [0.3, 0.4) is 0 Å². The van der Waals surface area contributed by atoms with E-state index in [9.17, 15) is 0 Å². The molecule has 328 valence electrons. The van der Waals surface area contributed by atoms with Crippen LogP contribution in [0.4, 0.5) is 18.9 Å². The minimum Gasteiger partial charge on any atom is -0.308 e. The zero-order valence-corrected chi connectivity index (χ0v) is 37.1. The number of alkyl halides is 3. The summed E-state index contributed by atoms with van der Waals surface area (Å²) >= 11 is 0. The predicted molar refractivity (Wildman–Crippen MR) is 274 cm³/mol. The zero-order valence-electron chi connectivity index (χ0n) is 37.1. The molecule has 12 rings (SSSR count). The van der Waals surface area contributed by atoms with Crippen LogP contribution in [0.1, 0.15) is 11.1 Å². The van der Waals surface area contributed by atoms with Crippen molar-refractivity contribution in [3.05, 3.63) is 235 Å². The first-order valence-electron chi connectivity index (χ1n) is 22.6. The van der Waals surface area contributed by atoms with E-state index in [1.165, 1.54) is 6.07 Å². The van der Waals surface area contributed by atoms with Crippen molar-refractivity contribution in [2.24, 2.45) is 0 Å². The fourth-order valence-electron chi connectivity index (χ4n) is 10.2. The van der Waals surface area contributed by atoms with Crippen molar-refractivity contribution in [3.8, 4) is 67.3 Å². The Bertz CT molecular complexity index is 4030. The number of pyridine rings is 2. The van der Waals surface area contributed by atoms with Crippen LogP contribution in [0.15, 0.2) is 213 Å². The lowest BCUT2D eigenvalue weighted by Gasteiger charge is -2.22. The number of benzene rings is 8. The summed E-state index contributed by atoms with van der Waals surface area (Å²) in [5, 5.41) is 3.90. The van der Waals surface area contributed by atoms with Crippen molar-refractivity contribution in [3.63, 3.8) is 0 Å². The van der Waals surface area contributed by atoms with Crippen LogP contribution in [0.2, 0.25) is 0 Å². The van der Waals surface area contributed by atoms with Gasteiger partial charge in [0.05, 0.1) is 57.0 Å². The summed E-state index contributed by atoms with van der Waals surface area (Å²) in [5.41, 5.74) is 11.9. The number of fused-ring (bicyclic) bond motifs is 6. The molecule has 4 aromatic heterocycles. The number of para-hydroxylation sites is 2. The van der Waals surface area contributed by atoms with Crippen LogP contribution < -0.4 is 0 Å². The monoisotopic (exact) mass is 897 g/mol. The van der Waals surface area contributed by atoms with Gasteiger partial charge in [0.15, 0.2) is 5.69 Å². The van der Waals surface area contributed by atoms with Crippen LogP contribution >= 0.6 is 0 Å². The van der Waals surface area contributed by atoms with E-state index < -0.39 is 11.7 Å². The van der Waals surface area contributed by atoms with Gasteiger partial charge in [-0.25, -0.2) is 4.85 Å². The standard InChI is InChI=1S/C61H38F3N5/c1-38-16-13-25-50(61(62,63)64)58(38)49-36-56(68-52-26-11-9-21-45(52)47-30-28-41(34-54(47)68)43-23-14-32-66-59(43)39-17-5-3-6-18-39)57(37-51(49)65-2)69-53-27-12-10-22-46(53)48-31-29-42(35-55(48)69)44-24-15-33-67-60(44)40-19-7-4-8-20-40/h3-37H,1H3. The van der Waals surface area contributed by atoms with Crippen LogP contribution in [0.25, 0.3) is 116 Å². The number of rotatable bonds is 7. The van der Waals surface area contributed by atoms with E-state index in [-0.39, 0.29) is 16.8 Å². The molecule has 8 heteroatoms. The molecule has 0 aliphatic carbocycles. The summed E-state index contributed by atoms with van der Waals surface area (Å²) in [6.45, 7) is 10.3. The maximum Gasteiger partial charge on any atom is 0.416 e. The molecule has 69 heavy (non-hydrogen) atoms. The normalized spacial score (nSPS) is 11.8. The molecule has 0 atom stereocenters. The van der Waals surface area contributed by atoms with E-state index in [0.29, 0.717) is 16.9 Å². The molecule has 12 aromatic rings. The van der Waals surface area contributed by atoms with Crippen molar-refractivity contribution in [1.29, 1.82) is 0 Å². The van der Waals surface area contributed by atoms with E-state index in [1.54, 1.807) is 37.5 Å². The Morgan fingerprint density at radius 1 is 0.435 bits per heavy atom. The molecule has 0 N–H and O–H groups in total. The predicted octanol–water partition coefficient (Wildman–Crippen LogP) is 16.9. The summed E-state index contributed by atoms with van der Waals surface area (Å²) in [7, 11) is 0. The molecule has 4 heterocycles. The molecule has 0 aliphatic heterocycles. The quantitative estimate of drug-likeness (QED) is 0.150. The smallest absolute Gasteiger partial charge is 0.308 e. The largest absolute Gasteiger partial charge is 0.416 e. The Morgan fingerprint density at radius 3 is 1.42 bits per heavy atom. The maximum atomic E-state index is 15.2. The summed E-state index contributed by atoms with van der Waals surface area (Å²) in [4.78, 5) is 13.7. The summed E-state index contributed by atoms with van der Waals surface area (Å²) < 4.78 is 49.8. The van der Waals surface area contributed by atoms with Gasteiger partial charge in [0.2, 0.25) is 0 Å². The van der Waals surface area contributed by atoms with Crippen LogP contribution in [0, 0.1) is 13.5 Å². The molecule has 0 bridgehead atoms. The number of hydrogen-bond donors (Lipinski definition) is 0. The molecule has 0 spiro atoms. The van der Waals surface area contributed by atoms with Crippen LogP contribution in [-0.2, 0) is 6.18 Å². The first-order chi connectivity index (χ1) is 33.8. The summed E-state index contributed by atoms with van der Waals surface area (Å²) in [6, 6.07) is 65.0. The average molecular weight is 898 g/mol. The molecule has 0 saturated carbocycles. The molecule has 8 aromatic carbocycles. The van der Waals surface area contributed by atoms with Gasteiger partial charge in [-0.1, -0.05) is 146 Å². The summed E-state index contributed by atoms with van der Waals surface area (Å²) in [5.74, 6) is 0.